The van der Waals surface area contributed by atoms with Gasteiger partial charge in [-0.2, -0.15) is 0 Å². The monoisotopic (exact) mass is 233 g/mol. The molecular weight excluding hydrogens is 218 g/mol. The zero-order valence-electron chi connectivity index (χ0n) is 9.09. The quantitative estimate of drug-likeness (QED) is 0.483. The highest BCUT2D eigenvalue weighted by atomic mass is 32.1. The Morgan fingerprint density at radius 2 is 1.75 bits per heavy atom. The van der Waals surface area contributed by atoms with Gasteiger partial charge in [-0.05, 0) is 36.8 Å². The topological polar surface area (TPSA) is 46.2 Å². The maximum Gasteiger partial charge on any atom is 0.118 e. The second-order valence-corrected chi connectivity index (χ2v) is 3.90. The first kappa shape index (κ1) is 12.5. The third-order valence-corrected chi connectivity index (χ3v) is 2.26. The summed E-state index contributed by atoms with van der Waals surface area (Å²) in [6, 6.07) is 14.7. The van der Waals surface area contributed by atoms with Crippen molar-refractivity contribution in [3.05, 3.63) is 54.1 Å². The highest BCUT2D eigenvalue weighted by Crippen LogP contribution is 2.12. The Balaban J connectivity index is 0.000000160. The number of phenolic OH excluding ortho intramolecular Hbond substituents is 1. The Bertz CT molecular complexity index is 419. The number of aromatic hydroxyl groups is 1. The first-order valence-electron chi connectivity index (χ1n) is 4.88. The van der Waals surface area contributed by atoms with E-state index < -0.39 is 0 Å². The predicted molar refractivity (Wildman–Crippen MR) is 71.0 cm³/mol. The Morgan fingerprint density at radius 1 is 1.06 bits per heavy atom. The molecule has 0 saturated carbocycles. The average Bonchev–Trinajstić information content (AvgIpc) is 2.23. The first-order chi connectivity index (χ1) is 7.59. The van der Waals surface area contributed by atoms with Crippen molar-refractivity contribution in [1.82, 2.24) is 0 Å². The van der Waals surface area contributed by atoms with Crippen LogP contribution < -0.4 is 5.73 Å². The van der Waals surface area contributed by atoms with Crippen LogP contribution in [0.3, 0.4) is 0 Å². The summed E-state index contributed by atoms with van der Waals surface area (Å²) in [7, 11) is 0. The summed E-state index contributed by atoms with van der Waals surface area (Å²) < 4.78 is 0. The lowest BCUT2D eigenvalue weighted by Gasteiger charge is -1.92. The fraction of sp³-hybridized carbons (Fsp3) is 0.0769. The molecule has 0 aliphatic rings. The third-order valence-electron chi connectivity index (χ3n) is 1.99. The minimum Gasteiger partial charge on any atom is -0.508 e. The van der Waals surface area contributed by atoms with Gasteiger partial charge in [0.25, 0.3) is 0 Å². The number of hydrogen-bond donors (Lipinski definition) is 3. The molecule has 0 aliphatic heterocycles. The summed E-state index contributed by atoms with van der Waals surface area (Å²) >= 11 is 4.07. The zero-order chi connectivity index (χ0) is 12.0. The molecule has 0 saturated heterocycles. The molecule has 0 bridgehead atoms. The van der Waals surface area contributed by atoms with E-state index in [-0.39, 0.29) is 0 Å². The standard InChI is InChI=1S/C7H8O.C6H7NS/c1-6-4-2-3-5-7(6)8;7-5-2-1-3-6(8)4-5/h2-5,8H,1H3;1-4,8H,7H2. The van der Waals surface area contributed by atoms with Gasteiger partial charge in [-0.3, -0.25) is 0 Å². The Kier molecular flexibility index (Phi) is 4.73. The first-order valence-corrected chi connectivity index (χ1v) is 5.33. The van der Waals surface area contributed by atoms with Crippen LogP contribution in [-0.4, -0.2) is 5.11 Å². The van der Waals surface area contributed by atoms with Gasteiger partial charge in [0, 0.05) is 10.6 Å². The van der Waals surface area contributed by atoms with Crippen LogP contribution in [0.1, 0.15) is 5.56 Å². The Labute approximate surface area is 101 Å². The van der Waals surface area contributed by atoms with Crippen LogP contribution in [0.25, 0.3) is 0 Å². The van der Waals surface area contributed by atoms with Gasteiger partial charge in [-0.1, -0.05) is 24.3 Å². The Hall–Kier alpha value is -1.61. The Morgan fingerprint density at radius 3 is 2.12 bits per heavy atom. The van der Waals surface area contributed by atoms with Gasteiger partial charge in [-0.15, -0.1) is 12.6 Å². The maximum atomic E-state index is 8.92. The molecule has 0 heterocycles. The lowest BCUT2D eigenvalue weighted by molar-refractivity contribution is 0.471. The number of hydrogen-bond acceptors (Lipinski definition) is 3. The number of aryl methyl sites for hydroxylation is 1. The van der Waals surface area contributed by atoms with Crippen LogP contribution in [0, 0.1) is 6.92 Å². The van der Waals surface area contributed by atoms with Gasteiger partial charge in [-0.25, -0.2) is 0 Å². The summed E-state index contributed by atoms with van der Waals surface area (Å²) in [6.07, 6.45) is 0. The lowest BCUT2D eigenvalue weighted by Crippen LogP contribution is -1.81. The highest BCUT2D eigenvalue weighted by Gasteiger charge is 1.87. The van der Waals surface area contributed by atoms with E-state index in [9.17, 15) is 0 Å². The normalized spacial score (nSPS) is 9.12. The summed E-state index contributed by atoms with van der Waals surface area (Å²) in [4.78, 5) is 0.907. The molecule has 0 radical (unpaired) electrons. The number of nitrogens with two attached hydrogens (primary N) is 1. The summed E-state index contributed by atoms with van der Waals surface area (Å²) in [5.41, 5.74) is 7.09. The van der Waals surface area contributed by atoms with Crippen LogP contribution in [-0.2, 0) is 0 Å². The van der Waals surface area contributed by atoms with Gasteiger partial charge in [0.1, 0.15) is 5.75 Å². The number of para-hydroxylation sites is 1. The van der Waals surface area contributed by atoms with E-state index in [0.717, 1.165) is 16.1 Å². The smallest absolute Gasteiger partial charge is 0.118 e. The molecule has 0 spiro atoms. The molecule has 84 valence electrons. The van der Waals surface area contributed by atoms with Crippen molar-refractivity contribution >= 4 is 18.3 Å². The fourth-order valence-corrected chi connectivity index (χ4v) is 1.32. The molecule has 16 heavy (non-hydrogen) atoms. The van der Waals surface area contributed by atoms with Crippen molar-refractivity contribution < 1.29 is 5.11 Å². The van der Waals surface area contributed by atoms with Crippen LogP contribution in [0.2, 0.25) is 0 Å². The molecule has 2 rings (SSSR count). The summed E-state index contributed by atoms with van der Waals surface area (Å²) in [5.74, 6) is 0.368. The minimum atomic E-state index is 0.368. The van der Waals surface area contributed by atoms with E-state index in [1.165, 1.54) is 0 Å². The molecule has 3 heteroatoms. The van der Waals surface area contributed by atoms with Crippen molar-refractivity contribution in [2.45, 2.75) is 11.8 Å². The number of nitrogen functional groups attached to an aromatic ring is 1. The number of thiol groups is 1. The van der Waals surface area contributed by atoms with Gasteiger partial charge < -0.3 is 10.8 Å². The molecule has 0 aromatic heterocycles. The van der Waals surface area contributed by atoms with E-state index >= 15 is 0 Å². The van der Waals surface area contributed by atoms with E-state index in [2.05, 4.69) is 12.6 Å². The summed E-state index contributed by atoms with van der Waals surface area (Å²) in [5, 5.41) is 8.92. The molecule has 0 amide bonds. The fourth-order valence-electron chi connectivity index (χ4n) is 1.09. The molecule has 2 nitrogen and oxygen atoms in total. The van der Waals surface area contributed by atoms with Gasteiger partial charge in [0.2, 0.25) is 0 Å². The van der Waals surface area contributed by atoms with Crippen molar-refractivity contribution in [3.63, 3.8) is 0 Å². The minimum absolute atomic E-state index is 0.368. The van der Waals surface area contributed by atoms with Crippen molar-refractivity contribution in [2.75, 3.05) is 5.73 Å². The van der Waals surface area contributed by atoms with Crippen molar-refractivity contribution in [1.29, 1.82) is 0 Å². The highest BCUT2D eigenvalue weighted by molar-refractivity contribution is 7.80. The van der Waals surface area contributed by atoms with E-state index in [1.54, 1.807) is 6.07 Å². The second-order valence-electron chi connectivity index (χ2n) is 3.38. The lowest BCUT2D eigenvalue weighted by atomic mass is 10.2. The van der Waals surface area contributed by atoms with Crippen molar-refractivity contribution in [2.24, 2.45) is 0 Å². The van der Waals surface area contributed by atoms with E-state index in [1.807, 2.05) is 49.4 Å². The molecule has 2 aromatic carbocycles. The van der Waals surface area contributed by atoms with Gasteiger partial charge >= 0.3 is 0 Å². The van der Waals surface area contributed by atoms with Gasteiger partial charge in [0.05, 0.1) is 0 Å². The maximum absolute atomic E-state index is 8.92. The second kappa shape index (κ2) is 6.08. The molecule has 3 N–H and O–H groups in total. The predicted octanol–water partition coefficient (Wildman–Crippen LogP) is 3.26. The van der Waals surface area contributed by atoms with Crippen molar-refractivity contribution in [3.8, 4) is 5.75 Å². The largest absolute Gasteiger partial charge is 0.508 e. The third kappa shape index (κ3) is 4.28. The van der Waals surface area contributed by atoms with E-state index in [4.69, 9.17) is 10.8 Å². The molecular formula is C13H15NOS. The number of anilines is 1. The van der Waals surface area contributed by atoms with Crippen LogP contribution in [0.15, 0.2) is 53.4 Å². The molecule has 2 aromatic rings. The molecule has 0 atom stereocenters. The van der Waals surface area contributed by atoms with Crippen LogP contribution in [0.4, 0.5) is 5.69 Å². The number of benzene rings is 2. The summed E-state index contributed by atoms with van der Waals surface area (Å²) in [6.45, 7) is 1.87. The molecule has 0 aliphatic carbocycles. The van der Waals surface area contributed by atoms with Crippen LogP contribution in [0.5, 0.6) is 5.75 Å². The van der Waals surface area contributed by atoms with Crippen LogP contribution >= 0.6 is 12.6 Å². The SMILES string of the molecule is Cc1ccccc1O.Nc1cccc(S)c1. The zero-order valence-corrected chi connectivity index (χ0v) is 9.99. The number of phenols is 1. The van der Waals surface area contributed by atoms with E-state index in [0.29, 0.717) is 5.75 Å². The molecule has 0 fully saturated rings. The molecule has 0 unspecified atom stereocenters. The van der Waals surface area contributed by atoms with Gasteiger partial charge in [0.15, 0.2) is 0 Å². The number of rotatable bonds is 0. The average molecular weight is 233 g/mol.